The van der Waals surface area contributed by atoms with Crippen molar-refractivity contribution in [3.8, 4) is 5.75 Å². The number of halogens is 3. The van der Waals surface area contributed by atoms with Gasteiger partial charge in [-0.05, 0) is 55.5 Å². The van der Waals surface area contributed by atoms with Gasteiger partial charge in [0.2, 0.25) is 16.9 Å². The molecule has 0 spiro atoms. The smallest absolute Gasteiger partial charge is 0.406 e. The van der Waals surface area contributed by atoms with Crippen LogP contribution in [0.3, 0.4) is 0 Å². The molecular weight excluding hydrogens is 479 g/mol. The monoisotopic (exact) mass is 497 g/mol. The SMILES string of the molecule is CC(=O)Nc1ccc(NC(=O)C(C)Sc2nnc(Nc3ccc(OC(F)(F)F)cc3)s2)cc1. The zero-order valence-electron chi connectivity index (χ0n) is 17.3. The van der Waals surface area contributed by atoms with E-state index >= 15 is 0 Å². The third kappa shape index (κ3) is 7.95. The molecule has 1 atom stereocenters. The molecule has 3 aromatic rings. The van der Waals surface area contributed by atoms with Gasteiger partial charge in [0.1, 0.15) is 5.75 Å². The second-order valence-corrected chi connectivity index (χ2v) is 9.14. The van der Waals surface area contributed by atoms with Gasteiger partial charge in [-0.1, -0.05) is 23.1 Å². The molecule has 0 fully saturated rings. The molecule has 1 unspecified atom stereocenters. The molecular formula is C20H18F3N5O3S2. The number of amides is 2. The standard InChI is InChI=1S/C20H18F3N5O3S2/c1-11(17(30)25-14-5-3-13(4-6-14)24-12(2)29)32-19-28-27-18(33-19)26-15-7-9-16(10-8-15)31-20(21,22)23/h3-11H,1-2H3,(H,24,29)(H,25,30)(H,26,27). The zero-order chi connectivity index (χ0) is 24.0. The summed E-state index contributed by atoms with van der Waals surface area (Å²) < 4.78 is 41.1. The lowest BCUT2D eigenvalue weighted by molar-refractivity contribution is -0.274. The second-order valence-electron chi connectivity index (χ2n) is 6.58. The maximum Gasteiger partial charge on any atom is 0.573 e. The Balaban J connectivity index is 1.52. The van der Waals surface area contributed by atoms with Crippen molar-refractivity contribution in [1.82, 2.24) is 10.2 Å². The van der Waals surface area contributed by atoms with Crippen LogP contribution >= 0.6 is 23.1 Å². The highest BCUT2D eigenvalue weighted by Crippen LogP contribution is 2.31. The van der Waals surface area contributed by atoms with E-state index in [1.165, 1.54) is 54.3 Å². The number of alkyl halides is 3. The number of anilines is 4. The van der Waals surface area contributed by atoms with Gasteiger partial charge in [0.15, 0.2) is 4.34 Å². The Morgan fingerprint density at radius 2 is 1.55 bits per heavy atom. The Hall–Kier alpha value is -3.32. The summed E-state index contributed by atoms with van der Waals surface area (Å²) >= 11 is 2.41. The molecule has 0 bridgehead atoms. The molecule has 2 aromatic carbocycles. The lowest BCUT2D eigenvalue weighted by Crippen LogP contribution is -2.22. The van der Waals surface area contributed by atoms with E-state index in [0.717, 1.165) is 0 Å². The van der Waals surface area contributed by atoms with Crippen LogP contribution in [0.5, 0.6) is 5.75 Å². The van der Waals surface area contributed by atoms with Gasteiger partial charge in [0.25, 0.3) is 0 Å². The predicted molar refractivity (Wildman–Crippen MR) is 121 cm³/mol. The van der Waals surface area contributed by atoms with Crippen molar-refractivity contribution in [1.29, 1.82) is 0 Å². The first-order chi connectivity index (χ1) is 15.6. The zero-order valence-corrected chi connectivity index (χ0v) is 18.9. The number of nitrogens with zero attached hydrogens (tertiary/aromatic N) is 2. The van der Waals surface area contributed by atoms with Gasteiger partial charge in [-0.15, -0.1) is 23.4 Å². The first-order valence-corrected chi connectivity index (χ1v) is 11.1. The summed E-state index contributed by atoms with van der Waals surface area (Å²) in [5.74, 6) is -0.751. The number of rotatable bonds is 8. The van der Waals surface area contributed by atoms with Crippen molar-refractivity contribution < 1.29 is 27.5 Å². The van der Waals surface area contributed by atoms with E-state index in [9.17, 15) is 22.8 Å². The molecule has 8 nitrogen and oxygen atoms in total. The summed E-state index contributed by atoms with van der Waals surface area (Å²) in [6.07, 6.45) is -4.75. The predicted octanol–water partition coefficient (Wildman–Crippen LogP) is 5.26. The summed E-state index contributed by atoms with van der Waals surface area (Å²) in [5.41, 5.74) is 1.71. The van der Waals surface area contributed by atoms with Crippen LogP contribution in [0, 0.1) is 0 Å². The van der Waals surface area contributed by atoms with Gasteiger partial charge in [-0.25, -0.2) is 0 Å². The van der Waals surface area contributed by atoms with Crippen molar-refractivity contribution in [3.63, 3.8) is 0 Å². The molecule has 3 rings (SSSR count). The van der Waals surface area contributed by atoms with E-state index in [2.05, 4.69) is 30.9 Å². The number of ether oxygens (including phenoxy) is 1. The van der Waals surface area contributed by atoms with Gasteiger partial charge in [0, 0.05) is 24.0 Å². The molecule has 0 aliphatic carbocycles. The molecule has 0 radical (unpaired) electrons. The highest BCUT2D eigenvalue weighted by Gasteiger charge is 2.31. The molecule has 3 N–H and O–H groups in total. The van der Waals surface area contributed by atoms with Crippen LogP contribution in [0.1, 0.15) is 13.8 Å². The molecule has 0 aliphatic heterocycles. The Kier molecular flexibility index (Phi) is 7.76. The molecule has 0 aliphatic rings. The van der Waals surface area contributed by atoms with Gasteiger partial charge >= 0.3 is 6.36 Å². The number of hydrogen-bond donors (Lipinski definition) is 3. The molecule has 1 heterocycles. The number of aromatic nitrogens is 2. The minimum atomic E-state index is -4.75. The van der Waals surface area contributed by atoms with E-state index in [1.54, 1.807) is 31.2 Å². The average molecular weight is 498 g/mol. The van der Waals surface area contributed by atoms with Crippen molar-refractivity contribution in [3.05, 3.63) is 48.5 Å². The van der Waals surface area contributed by atoms with E-state index < -0.39 is 11.6 Å². The fourth-order valence-corrected chi connectivity index (χ4v) is 4.38. The van der Waals surface area contributed by atoms with Crippen LogP contribution in [0.4, 0.5) is 35.4 Å². The summed E-state index contributed by atoms with van der Waals surface area (Å²) in [4.78, 5) is 23.5. The third-order valence-electron chi connectivity index (χ3n) is 3.87. The van der Waals surface area contributed by atoms with Gasteiger partial charge in [-0.3, -0.25) is 9.59 Å². The minimum absolute atomic E-state index is 0.185. The van der Waals surface area contributed by atoms with Crippen molar-refractivity contribution in [2.24, 2.45) is 0 Å². The quantitative estimate of drug-likeness (QED) is 0.365. The molecule has 0 saturated carbocycles. The van der Waals surface area contributed by atoms with Gasteiger partial charge in [-0.2, -0.15) is 0 Å². The largest absolute Gasteiger partial charge is 0.573 e. The highest BCUT2D eigenvalue weighted by molar-refractivity contribution is 8.02. The van der Waals surface area contributed by atoms with Crippen molar-refractivity contribution >= 4 is 57.1 Å². The molecule has 1 aromatic heterocycles. The number of thioether (sulfide) groups is 1. The number of carbonyl (C=O) groups is 2. The van der Waals surface area contributed by atoms with Crippen LogP contribution < -0.4 is 20.7 Å². The number of carbonyl (C=O) groups excluding carboxylic acids is 2. The molecule has 13 heteroatoms. The Labute approximate surface area is 194 Å². The fraction of sp³-hybridized carbons (Fsp3) is 0.200. The topological polar surface area (TPSA) is 105 Å². The summed E-state index contributed by atoms with van der Waals surface area (Å²) in [7, 11) is 0. The normalized spacial score (nSPS) is 12.0. The van der Waals surface area contributed by atoms with Gasteiger partial charge in [0.05, 0.1) is 5.25 Å². The van der Waals surface area contributed by atoms with Crippen LogP contribution in [0.25, 0.3) is 0 Å². The maximum absolute atomic E-state index is 12.5. The number of nitrogens with one attached hydrogen (secondary N) is 3. The van der Waals surface area contributed by atoms with E-state index in [1.807, 2.05) is 0 Å². The fourth-order valence-electron chi connectivity index (χ4n) is 2.46. The summed E-state index contributed by atoms with van der Waals surface area (Å²) in [5, 5.41) is 16.3. The lowest BCUT2D eigenvalue weighted by Gasteiger charge is -2.11. The first kappa shape index (κ1) is 24.3. The molecule has 2 amide bonds. The Morgan fingerprint density at radius 3 is 2.12 bits per heavy atom. The average Bonchev–Trinajstić information content (AvgIpc) is 3.16. The van der Waals surface area contributed by atoms with E-state index in [4.69, 9.17) is 0 Å². The van der Waals surface area contributed by atoms with Crippen molar-refractivity contribution in [2.75, 3.05) is 16.0 Å². The molecule has 174 valence electrons. The van der Waals surface area contributed by atoms with Crippen LogP contribution in [0.15, 0.2) is 52.9 Å². The van der Waals surface area contributed by atoms with Crippen LogP contribution in [-0.2, 0) is 9.59 Å². The second kappa shape index (κ2) is 10.5. The molecule has 33 heavy (non-hydrogen) atoms. The number of hydrogen-bond acceptors (Lipinski definition) is 8. The van der Waals surface area contributed by atoms with E-state index in [0.29, 0.717) is 26.5 Å². The van der Waals surface area contributed by atoms with E-state index in [-0.39, 0.29) is 17.6 Å². The van der Waals surface area contributed by atoms with Crippen LogP contribution in [0.2, 0.25) is 0 Å². The number of benzene rings is 2. The Bertz CT molecular complexity index is 1110. The van der Waals surface area contributed by atoms with Crippen molar-refractivity contribution in [2.45, 2.75) is 29.8 Å². The lowest BCUT2D eigenvalue weighted by atomic mass is 10.2. The summed E-state index contributed by atoms with van der Waals surface area (Å²) in [6.45, 7) is 3.13. The minimum Gasteiger partial charge on any atom is -0.406 e. The summed E-state index contributed by atoms with van der Waals surface area (Å²) in [6, 6.07) is 11.9. The maximum atomic E-state index is 12.5. The van der Waals surface area contributed by atoms with Gasteiger partial charge < -0.3 is 20.7 Å². The Morgan fingerprint density at radius 1 is 0.970 bits per heavy atom. The first-order valence-electron chi connectivity index (χ1n) is 9.39. The third-order valence-corrected chi connectivity index (χ3v) is 5.89. The van der Waals surface area contributed by atoms with Crippen LogP contribution in [-0.4, -0.2) is 33.6 Å². The molecule has 0 saturated heterocycles. The highest BCUT2D eigenvalue weighted by atomic mass is 32.2.